The lowest BCUT2D eigenvalue weighted by atomic mass is 9.97. The van der Waals surface area contributed by atoms with Crippen LogP contribution < -0.4 is 5.73 Å². The first kappa shape index (κ1) is 9.40. The monoisotopic (exact) mass is 193 g/mol. The van der Waals surface area contributed by atoms with Gasteiger partial charge in [0.15, 0.2) is 5.78 Å². The van der Waals surface area contributed by atoms with Crippen molar-refractivity contribution in [1.29, 1.82) is 0 Å². The van der Waals surface area contributed by atoms with Crippen molar-refractivity contribution in [3.8, 4) is 0 Å². The second-order valence-corrected chi connectivity index (χ2v) is 3.90. The van der Waals surface area contributed by atoms with Crippen LogP contribution >= 0.6 is 0 Å². The van der Waals surface area contributed by atoms with E-state index in [0.717, 1.165) is 19.4 Å². The SMILES string of the molecule is CCn1cc(C(=O)C2(CN)CC2)cn1. The van der Waals surface area contributed by atoms with Crippen LogP contribution in [0.4, 0.5) is 0 Å². The number of ketones is 1. The summed E-state index contributed by atoms with van der Waals surface area (Å²) in [6.07, 6.45) is 5.30. The minimum Gasteiger partial charge on any atom is -0.329 e. The number of nitrogens with two attached hydrogens (primary N) is 1. The fourth-order valence-electron chi connectivity index (χ4n) is 1.63. The van der Waals surface area contributed by atoms with E-state index in [-0.39, 0.29) is 11.2 Å². The zero-order valence-corrected chi connectivity index (χ0v) is 8.36. The minimum absolute atomic E-state index is 0.166. The second kappa shape index (κ2) is 3.20. The van der Waals surface area contributed by atoms with Crippen molar-refractivity contribution >= 4 is 5.78 Å². The maximum absolute atomic E-state index is 12.0. The molecule has 4 nitrogen and oxygen atoms in total. The summed E-state index contributed by atoms with van der Waals surface area (Å²) in [5.74, 6) is 0.166. The van der Waals surface area contributed by atoms with E-state index < -0.39 is 0 Å². The number of nitrogens with zero attached hydrogens (tertiary/aromatic N) is 2. The van der Waals surface area contributed by atoms with Crippen LogP contribution in [0.3, 0.4) is 0 Å². The first-order chi connectivity index (χ1) is 6.72. The molecule has 1 aromatic heterocycles. The summed E-state index contributed by atoms with van der Waals surface area (Å²) in [5.41, 5.74) is 6.05. The standard InChI is InChI=1S/C10H15N3O/c1-2-13-6-8(5-12-13)9(14)10(7-11)3-4-10/h5-6H,2-4,7,11H2,1H3. The Bertz CT molecular complexity index is 352. The lowest BCUT2D eigenvalue weighted by molar-refractivity contribution is 0.0905. The highest BCUT2D eigenvalue weighted by Crippen LogP contribution is 2.47. The Kier molecular flexibility index (Phi) is 2.15. The number of hydrogen-bond acceptors (Lipinski definition) is 3. The molecule has 2 rings (SSSR count). The Hall–Kier alpha value is -1.16. The summed E-state index contributed by atoms with van der Waals surface area (Å²) >= 11 is 0. The average Bonchev–Trinajstić information content (AvgIpc) is 2.88. The molecule has 0 amide bonds. The number of carbonyl (C=O) groups excluding carboxylic acids is 1. The number of rotatable bonds is 4. The van der Waals surface area contributed by atoms with Gasteiger partial charge in [0.25, 0.3) is 0 Å². The Labute approximate surface area is 83.1 Å². The first-order valence-corrected chi connectivity index (χ1v) is 4.99. The Morgan fingerprint density at radius 1 is 1.71 bits per heavy atom. The normalized spacial score (nSPS) is 18.1. The molecular weight excluding hydrogens is 178 g/mol. The van der Waals surface area contributed by atoms with Gasteiger partial charge in [-0.15, -0.1) is 0 Å². The van der Waals surface area contributed by atoms with Crippen molar-refractivity contribution in [2.24, 2.45) is 11.1 Å². The van der Waals surface area contributed by atoms with E-state index in [4.69, 9.17) is 5.73 Å². The summed E-state index contributed by atoms with van der Waals surface area (Å²) in [7, 11) is 0. The molecule has 1 aliphatic carbocycles. The van der Waals surface area contributed by atoms with E-state index >= 15 is 0 Å². The first-order valence-electron chi connectivity index (χ1n) is 4.99. The largest absolute Gasteiger partial charge is 0.329 e. The molecule has 0 aromatic carbocycles. The van der Waals surface area contributed by atoms with Gasteiger partial charge in [0.2, 0.25) is 0 Å². The molecule has 2 N–H and O–H groups in total. The molecule has 0 unspecified atom stereocenters. The Balaban J connectivity index is 2.19. The lowest BCUT2D eigenvalue weighted by Crippen LogP contribution is -2.25. The zero-order chi connectivity index (χ0) is 10.2. The van der Waals surface area contributed by atoms with E-state index in [9.17, 15) is 4.79 Å². The van der Waals surface area contributed by atoms with Crippen molar-refractivity contribution in [3.63, 3.8) is 0 Å². The van der Waals surface area contributed by atoms with Gasteiger partial charge in [0.05, 0.1) is 11.8 Å². The minimum atomic E-state index is -0.248. The molecular formula is C10H15N3O. The molecule has 1 aromatic rings. The number of Topliss-reactive ketones (excluding diaryl/α,β-unsaturated/α-hetero) is 1. The highest BCUT2D eigenvalue weighted by atomic mass is 16.1. The van der Waals surface area contributed by atoms with Gasteiger partial charge in [-0.2, -0.15) is 5.10 Å². The number of aryl methyl sites for hydroxylation is 1. The maximum Gasteiger partial charge on any atom is 0.173 e. The van der Waals surface area contributed by atoms with Gasteiger partial charge >= 0.3 is 0 Å². The lowest BCUT2D eigenvalue weighted by Gasteiger charge is -2.07. The molecule has 1 heterocycles. The van der Waals surface area contributed by atoms with Crippen LogP contribution in [-0.4, -0.2) is 22.1 Å². The third-order valence-electron chi connectivity index (χ3n) is 2.95. The van der Waals surface area contributed by atoms with Crippen molar-refractivity contribution in [3.05, 3.63) is 18.0 Å². The van der Waals surface area contributed by atoms with Gasteiger partial charge in [-0.25, -0.2) is 0 Å². The van der Waals surface area contributed by atoms with Crippen LogP contribution in [0, 0.1) is 5.41 Å². The molecule has 0 saturated heterocycles. The average molecular weight is 193 g/mol. The van der Waals surface area contributed by atoms with Crippen molar-refractivity contribution in [2.75, 3.05) is 6.54 Å². The van der Waals surface area contributed by atoms with Crippen LogP contribution in [-0.2, 0) is 6.54 Å². The van der Waals surface area contributed by atoms with Crippen molar-refractivity contribution < 1.29 is 4.79 Å². The predicted molar refractivity (Wildman–Crippen MR) is 53.0 cm³/mol. The van der Waals surface area contributed by atoms with E-state index in [1.807, 2.05) is 6.92 Å². The quantitative estimate of drug-likeness (QED) is 0.720. The highest BCUT2D eigenvalue weighted by molar-refractivity contribution is 6.02. The second-order valence-electron chi connectivity index (χ2n) is 3.90. The van der Waals surface area contributed by atoms with E-state index in [1.165, 1.54) is 0 Å². The van der Waals surface area contributed by atoms with Crippen LogP contribution in [0.25, 0.3) is 0 Å². The Morgan fingerprint density at radius 3 is 2.86 bits per heavy atom. The van der Waals surface area contributed by atoms with Gasteiger partial charge in [-0.1, -0.05) is 0 Å². The molecule has 1 saturated carbocycles. The molecule has 14 heavy (non-hydrogen) atoms. The van der Waals surface area contributed by atoms with Crippen LogP contribution in [0.1, 0.15) is 30.1 Å². The fraction of sp³-hybridized carbons (Fsp3) is 0.600. The summed E-state index contributed by atoms with van der Waals surface area (Å²) < 4.78 is 1.76. The van der Waals surface area contributed by atoms with Crippen molar-refractivity contribution in [2.45, 2.75) is 26.3 Å². The molecule has 0 bridgehead atoms. The molecule has 1 aliphatic rings. The fourth-order valence-corrected chi connectivity index (χ4v) is 1.63. The summed E-state index contributed by atoms with van der Waals surface area (Å²) in [4.78, 5) is 12.0. The van der Waals surface area contributed by atoms with Crippen molar-refractivity contribution in [1.82, 2.24) is 9.78 Å². The molecule has 1 fully saturated rings. The number of hydrogen-bond donors (Lipinski definition) is 1. The van der Waals surface area contributed by atoms with E-state index in [1.54, 1.807) is 17.1 Å². The molecule has 0 atom stereocenters. The van der Waals surface area contributed by atoms with Gasteiger partial charge in [-0.05, 0) is 19.8 Å². The van der Waals surface area contributed by atoms with Gasteiger partial charge < -0.3 is 5.73 Å². The Morgan fingerprint density at radius 2 is 2.43 bits per heavy atom. The van der Waals surface area contributed by atoms with Gasteiger partial charge in [-0.3, -0.25) is 9.48 Å². The predicted octanol–water partition coefficient (Wildman–Crippen LogP) is 0.825. The van der Waals surface area contributed by atoms with E-state index in [2.05, 4.69) is 5.10 Å². The van der Waals surface area contributed by atoms with E-state index in [0.29, 0.717) is 12.1 Å². The van der Waals surface area contributed by atoms with Crippen LogP contribution in [0.5, 0.6) is 0 Å². The number of carbonyl (C=O) groups is 1. The smallest absolute Gasteiger partial charge is 0.173 e. The number of aromatic nitrogens is 2. The third kappa shape index (κ3) is 1.35. The van der Waals surface area contributed by atoms with Gasteiger partial charge in [0, 0.05) is 24.7 Å². The van der Waals surface area contributed by atoms with Crippen LogP contribution in [0.2, 0.25) is 0 Å². The summed E-state index contributed by atoms with van der Waals surface area (Å²) in [6, 6.07) is 0. The molecule has 0 radical (unpaired) electrons. The highest BCUT2D eigenvalue weighted by Gasteiger charge is 2.48. The molecule has 4 heteroatoms. The summed E-state index contributed by atoms with van der Waals surface area (Å²) in [5, 5.41) is 4.09. The molecule has 0 aliphatic heterocycles. The summed E-state index contributed by atoms with van der Waals surface area (Å²) in [6.45, 7) is 3.25. The molecule has 76 valence electrons. The molecule has 0 spiro atoms. The maximum atomic E-state index is 12.0. The third-order valence-corrected chi connectivity index (χ3v) is 2.95. The topological polar surface area (TPSA) is 60.9 Å². The zero-order valence-electron chi connectivity index (χ0n) is 8.36. The van der Waals surface area contributed by atoms with Crippen LogP contribution in [0.15, 0.2) is 12.4 Å². The van der Waals surface area contributed by atoms with Gasteiger partial charge in [0.1, 0.15) is 0 Å².